The normalized spacial score (nSPS) is 15.3. The van der Waals surface area contributed by atoms with Gasteiger partial charge < -0.3 is 5.32 Å². The fourth-order valence-electron chi connectivity index (χ4n) is 4.30. The predicted octanol–water partition coefficient (Wildman–Crippen LogP) is 5.79. The number of benzene rings is 3. The van der Waals surface area contributed by atoms with E-state index in [0.717, 1.165) is 11.6 Å². The van der Waals surface area contributed by atoms with Crippen LogP contribution in [0.3, 0.4) is 0 Å². The molecule has 1 aliphatic heterocycles. The van der Waals surface area contributed by atoms with E-state index in [0.29, 0.717) is 24.3 Å². The van der Waals surface area contributed by atoms with Crippen molar-refractivity contribution >= 4 is 21.6 Å². The van der Waals surface area contributed by atoms with Crippen LogP contribution in [0.4, 0.5) is 14.5 Å². The van der Waals surface area contributed by atoms with Crippen molar-refractivity contribution in [2.45, 2.75) is 37.5 Å². The zero-order valence-electron chi connectivity index (χ0n) is 19.7. The Morgan fingerprint density at radius 2 is 1.60 bits per heavy atom. The van der Waals surface area contributed by atoms with Gasteiger partial charge >= 0.3 is 0 Å². The summed E-state index contributed by atoms with van der Waals surface area (Å²) in [5.41, 5.74) is 1.80. The van der Waals surface area contributed by atoms with Crippen molar-refractivity contribution in [3.63, 3.8) is 0 Å². The number of hydrogen-bond acceptors (Lipinski definition) is 3. The summed E-state index contributed by atoms with van der Waals surface area (Å²) in [7, 11) is -3.67. The summed E-state index contributed by atoms with van der Waals surface area (Å²) in [6.07, 6.45) is 0.608. The molecule has 1 amide bonds. The summed E-state index contributed by atoms with van der Waals surface area (Å²) in [6, 6.07) is 17.5. The largest absolute Gasteiger partial charge is 0.323 e. The molecule has 35 heavy (non-hydrogen) atoms. The molecule has 1 N–H and O–H groups in total. The Kier molecular flexibility index (Phi) is 7.33. The van der Waals surface area contributed by atoms with Gasteiger partial charge in [-0.3, -0.25) is 4.79 Å². The number of hydrogen-bond donors (Lipinski definition) is 1. The highest BCUT2D eigenvalue weighted by Gasteiger charge is 2.32. The summed E-state index contributed by atoms with van der Waals surface area (Å²) in [6.45, 7) is 4.45. The molecule has 1 fully saturated rings. The molecule has 0 saturated carbocycles. The fourth-order valence-corrected chi connectivity index (χ4v) is 5.77. The molecule has 184 valence electrons. The molecular formula is C27H28F2N2O3S. The number of carbonyl (C=O) groups is 1. The number of halogens is 2. The number of nitrogens with one attached hydrogen (secondary N) is 1. The molecule has 0 unspecified atom stereocenters. The van der Waals surface area contributed by atoms with Gasteiger partial charge in [0.25, 0.3) is 0 Å². The van der Waals surface area contributed by atoms with Crippen LogP contribution in [0.25, 0.3) is 11.1 Å². The SMILES string of the molecule is CC(C)c1ccc(S(=O)(=O)N2CCC(C(=O)Nc3c(F)cc(F)cc3-c3ccccc3)CC2)cc1. The third kappa shape index (κ3) is 5.44. The quantitative estimate of drug-likeness (QED) is 0.468. The number of anilines is 1. The lowest BCUT2D eigenvalue weighted by Gasteiger charge is -2.30. The molecule has 0 aliphatic carbocycles. The minimum absolute atomic E-state index is 0.0807. The zero-order valence-corrected chi connectivity index (χ0v) is 20.5. The number of rotatable bonds is 6. The number of amides is 1. The lowest BCUT2D eigenvalue weighted by Crippen LogP contribution is -2.41. The first-order valence-electron chi connectivity index (χ1n) is 11.6. The molecule has 1 aliphatic rings. The van der Waals surface area contributed by atoms with Crippen LogP contribution in [0.1, 0.15) is 38.2 Å². The number of sulfonamides is 1. The highest BCUT2D eigenvalue weighted by Crippen LogP contribution is 2.33. The smallest absolute Gasteiger partial charge is 0.243 e. The summed E-state index contributed by atoms with van der Waals surface area (Å²) in [5, 5.41) is 2.63. The summed E-state index contributed by atoms with van der Waals surface area (Å²) in [4.78, 5) is 13.2. The molecule has 0 bridgehead atoms. The molecule has 5 nitrogen and oxygen atoms in total. The van der Waals surface area contributed by atoms with E-state index in [2.05, 4.69) is 5.32 Å². The van der Waals surface area contributed by atoms with Gasteiger partial charge in [-0.2, -0.15) is 4.31 Å². The highest BCUT2D eigenvalue weighted by atomic mass is 32.2. The minimum Gasteiger partial charge on any atom is -0.323 e. The Morgan fingerprint density at radius 1 is 0.971 bits per heavy atom. The van der Waals surface area contributed by atoms with E-state index in [1.165, 1.54) is 10.4 Å². The van der Waals surface area contributed by atoms with Crippen molar-refractivity contribution in [2.75, 3.05) is 18.4 Å². The van der Waals surface area contributed by atoms with Crippen molar-refractivity contribution in [2.24, 2.45) is 5.92 Å². The van der Waals surface area contributed by atoms with Crippen molar-refractivity contribution in [3.05, 3.63) is 83.9 Å². The van der Waals surface area contributed by atoms with E-state index < -0.39 is 33.5 Å². The second-order valence-electron chi connectivity index (χ2n) is 9.07. The van der Waals surface area contributed by atoms with Gasteiger partial charge in [0.2, 0.25) is 15.9 Å². The minimum atomic E-state index is -3.67. The standard InChI is InChI=1S/C27H28F2N2O3S/c1-18(2)19-8-10-23(11-9-19)35(33,34)31-14-12-21(13-15-31)27(32)30-26-24(16-22(28)17-25(26)29)20-6-4-3-5-7-20/h3-11,16-18,21H,12-15H2,1-2H3,(H,30,32). The molecule has 8 heteroatoms. The zero-order chi connectivity index (χ0) is 25.2. The van der Waals surface area contributed by atoms with E-state index in [1.807, 2.05) is 26.0 Å². The Morgan fingerprint density at radius 3 is 2.20 bits per heavy atom. The molecule has 0 radical (unpaired) electrons. The lowest BCUT2D eigenvalue weighted by molar-refractivity contribution is -0.120. The molecule has 3 aromatic rings. The van der Waals surface area contributed by atoms with E-state index in [-0.39, 0.29) is 29.2 Å². The van der Waals surface area contributed by atoms with Crippen molar-refractivity contribution < 1.29 is 22.0 Å². The summed E-state index contributed by atoms with van der Waals surface area (Å²) >= 11 is 0. The van der Waals surface area contributed by atoms with E-state index in [9.17, 15) is 22.0 Å². The van der Waals surface area contributed by atoms with E-state index in [1.54, 1.807) is 42.5 Å². The van der Waals surface area contributed by atoms with Crippen molar-refractivity contribution in [3.8, 4) is 11.1 Å². The molecule has 4 rings (SSSR count). The van der Waals surface area contributed by atoms with Crippen LogP contribution in [-0.4, -0.2) is 31.7 Å². The number of carbonyl (C=O) groups excluding carboxylic acids is 1. The molecule has 0 aromatic heterocycles. The van der Waals surface area contributed by atoms with E-state index >= 15 is 0 Å². The van der Waals surface area contributed by atoms with Gasteiger partial charge in [0.05, 0.1) is 10.6 Å². The van der Waals surface area contributed by atoms with Gasteiger partial charge in [-0.1, -0.05) is 56.3 Å². The van der Waals surface area contributed by atoms with Gasteiger partial charge in [0.1, 0.15) is 11.6 Å². The van der Waals surface area contributed by atoms with Gasteiger partial charge in [-0.25, -0.2) is 17.2 Å². The van der Waals surface area contributed by atoms with E-state index in [4.69, 9.17) is 0 Å². The Labute approximate surface area is 204 Å². The maximum Gasteiger partial charge on any atom is 0.243 e. The van der Waals surface area contributed by atoms with Gasteiger partial charge in [-0.15, -0.1) is 0 Å². The molecule has 0 atom stereocenters. The topological polar surface area (TPSA) is 66.5 Å². The van der Waals surface area contributed by atoms with Gasteiger partial charge in [-0.05, 0) is 48.1 Å². The second-order valence-corrected chi connectivity index (χ2v) is 11.0. The number of nitrogens with zero attached hydrogens (tertiary/aromatic N) is 1. The van der Waals surface area contributed by atoms with Crippen LogP contribution in [0.2, 0.25) is 0 Å². The van der Waals surface area contributed by atoms with Gasteiger partial charge in [0, 0.05) is 30.6 Å². The van der Waals surface area contributed by atoms with Crippen LogP contribution >= 0.6 is 0 Å². The highest BCUT2D eigenvalue weighted by molar-refractivity contribution is 7.89. The van der Waals surface area contributed by atoms with Crippen LogP contribution < -0.4 is 5.32 Å². The third-order valence-electron chi connectivity index (χ3n) is 6.40. The molecule has 3 aromatic carbocycles. The third-order valence-corrected chi connectivity index (χ3v) is 8.31. The predicted molar refractivity (Wildman–Crippen MR) is 132 cm³/mol. The van der Waals surface area contributed by atoms with Gasteiger partial charge in [0.15, 0.2) is 0 Å². The van der Waals surface area contributed by atoms with Crippen LogP contribution in [-0.2, 0) is 14.8 Å². The maximum atomic E-state index is 14.7. The lowest BCUT2D eigenvalue weighted by atomic mass is 9.96. The summed E-state index contributed by atoms with van der Waals surface area (Å²) < 4.78 is 56.1. The first-order valence-corrected chi connectivity index (χ1v) is 13.1. The Bertz CT molecular complexity index is 1300. The molecular weight excluding hydrogens is 470 g/mol. The fraction of sp³-hybridized carbons (Fsp3) is 0.296. The second kappa shape index (κ2) is 10.3. The molecule has 1 heterocycles. The average Bonchev–Trinajstić information content (AvgIpc) is 2.86. The van der Waals surface area contributed by atoms with Crippen molar-refractivity contribution in [1.82, 2.24) is 4.31 Å². The van der Waals surface area contributed by atoms with Crippen LogP contribution in [0, 0.1) is 17.6 Å². The Balaban J connectivity index is 1.46. The van der Waals surface area contributed by atoms with Crippen molar-refractivity contribution in [1.29, 1.82) is 0 Å². The Hall–Kier alpha value is -3.10. The number of piperidine rings is 1. The average molecular weight is 499 g/mol. The monoisotopic (exact) mass is 498 g/mol. The first-order chi connectivity index (χ1) is 16.7. The first kappa shape index (κ1) is 25.0. The molecule has 1 saturated heterocycles. The summed E-state index contributed by atoms with van der Waals surface area (Å²) in [5.74, 6) is -2.19. The maximum absolute atomic E-state index is 14.7. The van der Waals surface area contributed by atoms with Crippen LogP contribution in [0.15, 0.2) is 71.6 Å². The van der Waals surface area contributed by atoms with Crippen LogP contribution in [0.5, 0.6) is 0 Å². The molecule has 0 spiro atoms.